The maximum absolute atomic E-state index is 13.1. The molecule has 2 aliphatic rings. The second-order valence-electron chi connectivity index (χ2n) is 6.84. The van der Waals surface area contributed by atoms with Gasteiger partial charge in [-0.05, 0) is 19.4 Å². The number of rotatable bonds is 3. The van der Waals surface area contributed by atoms with E-state index in [1.165, 1.54) is 6.20 Å². The van der Waals surface area contributed by atoms with E-state index in [-0.39, 0.29) is 4.90 Å². The summed E-state index contributed by atoms with van der Waals surface area (Å²) in [6.45, 7) is 6.93. The molecule has 0 radical (unpaired) electrons. The molecule has 1 N–H and O–H groups in total. The van der Waals surface area contributed by atoms with Crippen molar-refractivity contribution < 1.29 is 8.42 Å². The summed E-state index contributed by atoms with van der Waals surface area (Å²) in [4.78, 5) is 6.99. The molecule has 136 valence electrons. The van der Waals surface area contributed by atoms with Crippen molar-refractivity contribution in [1.29, 1.82) is 0 Å². The summed E-state index contributed by atoms with van der Waals surface area (Å²) in [5.74, 6) is 0. The Morgan fingerprint density at radius 1 is 1.24 bits per heavy atom. The molecule has 2 aromatic heterocycles. The third-order valence-electron chi connectivity index (χ3n) is 5.27. The topological polar surface area (TPSA) is 83.4 Å². The highest BCUT2D eigenvalue weighted by molar-refractivity contribution is 7.89. The van der Waals surface area contributed by atoms with Crippen LogP contribution in [0.3, 0.4) is 0 Å². The predicted octanol–water partition coefficient (Wildman–Crippen LogP) is -0.0551. The van der Waals surface area contributed by atoms with Crippen LogP contribution in [0.4, 0.5) is 0 Å². The molecule has 0 saturated carbocycles. The van der Waals surface area contributed by atoms with E-state index in [0.717, 1.165) is 43.7 Å². The van der Waals surface area contributed by atoms with Crippen molar-refractivity contribution in [2.75, 3.05) is 39.3 Å². The fraction of sp³-hybridized carbons (Fsp3) is 0.625. The second kappa shape index (κ2) is 6.31. The number of piperazine rings is 1. The molecule has 2 fully saturated rings. The summed E-state index contributed by atoms with van der Waals surface area (Å²) in [6, 6.07) is 2.02. The molecule has 4 rings (SSSR count). The van der Waals surface area contributed by atoms with E-state index in [1.54, 1.807) is 15.1 Å². The molecule has 1 atom stereocenters. The number of nitrogens with one attached hydrogen (secondary N) is 1. The highest BCUT2D eigenvalue weighted by Gasteiger charge is 2.35. The number of pyridine rings is 1. The Kier molecular flexibility index (Phi) is 4.27. The minimum Gasteiger partial charge on any atom is -0.314 e. The first-order valence-corrected chi connectivity index (χ1v) is 10.1. The van der Waals surface area contributed by atoms with Gasteiger partial charge in [0.05, 0.1) is 5.69 Å². The maximum atomic E-state index is 13.1. The Labute approximate surface area is 147 Å². The van der Waals surface area contributed by atoms with Gasteiger partial charge in [0, 0.05) is 63.9 Å². The van der Waals surface area contributed by atoms with E-state index >= 15 is 0 Å². The van der Waals surface area contributed by atoms with Gasteiger partial charge in [-0.25, -0.2) is 13.4 Å². The molecule has 2 aromatic rings. The average Bonchev–Trinajstić information content (AvgIpc) is 3.22. The van der Waals surface area contributed by atoms with Crippen LogP contribution >= 0.6 is 0 Å². The molecule has 8 nitrogen and oxygen atoms in total. The Balaban J connectivity index is 1.58. The first kappa shape index (κ1) is 16.9. The summed E-state index contributed by atoms with van der Waals surface area (Å²) in [7, 11) is -1.70. The number of hydrogen-bond acceptors (Lipinski definition) is 6. The number of aromatic nitrogens is 3. The molecule has 4 heterocycles. The minimum atomic E-state index is -3.52. The standard InChI is InChI=1S/C16H24N6O2S/c1-12-15-9-14(10-18-16(15)20(2)19-12)25(23,24)22-6-3-13(11-22)21-7-4-17-5-8-21/h9-10,13,17H,3-8,11H2,1-2H3. The molecule has 1 unspecified atom stereocenters. The van der Waals surface area contributed by atoms with Crippen LogP contribution < -0.4 is 5.32 Å². The molecule has 0 spiro atoms. The van der Waals surface area contributed by atoms with Gasteiger partial charge in [-0.1, -0.05) is 0 Å². The lowest BCUT2D eigenvalue weighted by Gasteiger charge is -2.32. The molecule has 0 amide bonds. The predicted molar refractivity (Wildman–Crippen MR) is 94.9 cm³/mol. The van der Waals surface area contributed by atoms with Crippen LogP contribution in [0.5, 0.6) is 0 Å². The summed E-state index contributed by atoms with van der Waals surface area (Å²) < 4.78 is 29.4. The zero-order valence-corrected chi connectivity index (χ0v) is 15.5. The van der Waals surface area contributed by atoms with Gasteiger partial charge in [0.1, 0.15) is 4.90 Å². The fourth-order valence-corrected chi connectivity index (χ4v) is 5.32. The molecule has 2 aliphatic heterocycles. The van der Waals surface area contributed by atoms with Gasteiger partial charge in [0.2, 0.25) is 10.0 Å². The first-order chi connectivity index (χ1) is 12.0. The summed E-state index contributed by atoms with van der Waals surface area (Å²) >= 11 is 0. The summed E-state index contributed by atoms with van der Waals surface area (Å²) in [5.41, 5.74) is 1.50. The van der Waals surface area contributed by atoms with Crippen molar-refractivity contribution in [1.82, 2.24) is 29.3 Å². The molecular formula is C16H24N6O2S. The van der Waals surface area contributed by atoms with E-state index in [9.17, 15) is 8.42 Å². The van der Waals surface area contributed by atoms with Crippen LogP contribution in [0.1, 0.15) is 12.1 Å². The van der Waals surface area contributed by atoms with E-state index in [4.69, 9.17) is 0 Å². The highest BCUT2D eigenvalue weighted by atomic mass is 32.2. The number of fused-ring (bicyclic) bond motifs is 1. The SMILES string of the molecule is Cc1nn(C)c2ncc(S(=O)(=O)N3CCC(N4CCNCC4)C3)cc12. The van der Waals surface area contributed by atoms with Gasteiger partial charge >= 0.3 is 0 Å². The van der Waals surface area contributed by atoms with Gasteiger partial charge in [-0.3, -0.25) is 9.58 Å². The van der Waals surface area contributed by atoms with Crippen LogP contribution in [0, 0.1) is 6.92 Å². The van der Waals surface area contributed by atoms with E-state index in [1.807, 2.05) is 14.0 Å². The number of nitrogens with zero attached hydrogens (tertiary/aromatic N) is 5. The van der Waals surface area contributed by atoms with Crippen molar-refractivity contribution in [3.63, 3.8) is 0 Å². The third-order valence-corrected chi connectivity index (χ3v) is 7.10. The second-order valence-corrected chi connectivity index (χ2v) is 8.78. The molecular weight excluding hydrogens is 340 g/mol. The monoisotopic (exact) mass is 364 g/mol. The largest absolute Gasteiger partial charge is 0.314 e. The zero-order valence-electron chi connectivity index (χ0n) is 14.6. The lowest BCUT2D eigenvalue weighted by Crippen LogP contribution is -2.49. The lowest BCUT2D eigenvalue weighted by atomic mass is 10.2. The molecule has 9 heteroatoms. The van der Waals surface area contributed by atoms with Crippen molar-refractivity contribution in [3.8, 4) is 0 Å². The van der Waals surface area contributed by atoms with Crippen molar-refractivity contribution in [2.45, 2.75) is 24.3 Å². The molecule has 0 bridgehead atoms. The summed E-state index contributed by atoms with van der Waals surface area (Å²) in [5, 5.41) is 8.45. The lowest BCUT2D eigenvalue weighted by molar-refractivity contribution is 0.179. The smallest absolute Gasteiger partial charge is 0.244 e. The van der Waals surface area contributed by atoms with Crippen LogP contribution in [-0.2, 0) is 17.1 Å². The van der Waals surface area contributed by atoms with Crippen molar-refractivity contribution >= 4 is 21.1 Å². The molecule has 25 heavy (non-hydrogen) atoms. The highest BCUT2D eigenvalue weighted by Crippen LogP contribution is 2.26. The van der Waals surface area contributed by atoms with Gasteiger partial charge in [0.15, 0.2) is 5.65 Å². The minimum absolute atomic E-state index is 0.261. The quantitative estimate of drug-likeness (QED) is 0.822. The maximum Gasteiger partial charge on any atom is 0.244 e. The Bertz CT molecular complexity index is 887. The van der Waals surface area contributed by atoms with Crippen molar-refractivity contribution in [3.05, 3.63) is 18.0 Å². The van der Waals surface area contributed by atoms with Crippen LogP contribution in [0.2, 0.25) is 0 Å². The first-order valence-electron chi connectivity index (χ1n) is 8.71. The third kappa shape index (κ3) is 2.95. The summed E-state index contributed by atoms with van der Waals surface area (Å²) in [6.07, 6.45) is 2.34. The van der Waals surface area contributed by atoms with E-state index in [2.05, 4.69) is 20.3 Å². The Morgan fingerprint density at radius 2 is 2.00 bits per heavy atom. The number of sulfonamides is 1. The fourth-order valence-electron chi connectivity index (χ4n) is 3.85. The van der Waals surface area contributed by atoms with Gasteiger partial charge < -0.3 is 5.32 Å². The van der Waals surface area contributed by atoms with Crippen LogP contribution in [-0.4, -0.2) is 77.7 Å². The molecule has 0 aromatic carbocycles. The van der Waals surface area contributed by atoms with Crippen LogP contribution in [0.15, 0.2) is 17.2 Å². The molecule has 0 aliphatic carbocycles. The number of aryl methyl sites for hydroxylation is 2. The van der Waals surface area contributed by atoms with Gasteiger partial charge in [0.25, 0.3) is 0 Å². The zero-order chi connectivity index (χ0) is 17.6. The van der Waals surface area contributed by atoms with E-state index in [0.29, 0.717) is 24.8 Å². The van der Waals surface area contributed by atoms with Crippen LogP contribution in [0.25, 0.3) is 11.0 Å². The average molecular weight is 364 g/mol. The molecule has 2 saturated heterocycles. The van der Waals surface area contributed by atoms with Crippen molar-refractivity contribution in [2.24, 2.45) is 7.05 Å². The van der Waals surface area contributed by atoms with E-state index < -0.39 is 10.0 Å². The Morgan fingerprint density at radius 3 is 2.76 bits per heavy atom. The number of hydrogen-bond donors (Lipinski definition) is 1. The normalized spacial score (nSPS) is 23.5. The van der Waals surface area contributed by atoms with Gasteiger partial charge in [-0.2, -0.15) is 9.40 Å². The van der Waals surface area contributed by atoms with Gasteiger partial charge in [-0.15, -0.1) is 0 Å². The Hall–Kier alpha value is -1.55.